The summed E-state index contributed by atoms with van der Waals surface area (Å²) >= 11 is 0. The van der Waals surface area contributed by atoms with Crippen LogP contribution < -0.4 is 5.73 Å². The molecule has 1 unspecified atom stereocenters. The smallest absolute Gasteiger partial charge is 0.318 e. The monoisotopic (exact) mass is 183 g/mol. The van der Waals surface area contributed by atoms with Crippen LogP contribution in [0, 0.1) is 0 Å². The van der Waals surface area contributed by atoms with E-state index < -0.39 is 11.7 Å². The fourth-order valence-corrected chi connectivity index (χ4v) is 1.01. The molecule has 0 heterocycles. The molecule has 1 nitrogen and oxygen atoms in total. The number of rotatable bonds is 4. The lowest BCUT2D eigenvalue weighted by molar-refractivity contribution is -0.189. The normalized spacial score (nSPS) is 17.5. The largest absolute Gasteiger partial charge is 0.406 e. The van der Waals surface area contributed by atoms with Gasteiger partial charge in [0.25, 0.3) is 0 Å². The van der Waals surface area contributed by atoms with Crippen molar-refractivity contribution < 1.29 is 13.2 Å². The van der Waals surface area contributed by atoms with E-state index in [9.17, 15) is 13.2 Å². The van der Waals surface area contributed by atoms with Crippen LogP contribution in [0.3, 0.4) is 0 Å². The first kappa shape index (κ1) is 11.8. The quantitative estimate of drug-likeness (QED) is 0.712. The molecule has 0 spiro atoms. The first-order valence-corrected chi connectivity index (χ1v) is 4.23. The molecule has 0 aliphatic rings. The topological polar surface area (TPSA) is 26.0 Å². The van der Waals surface area contributed by atoms with Gasteiger partial charge in [0.15, 0.2) is 0 Å². The van der Waals surface area contributed by atoms with Gasteiger partial charge < -0.3 is 5.73 Å². The van der Waals surface area contributed by atoms with Gasteiger partial charge in [0.2, 0.25) is 0 Å². The third-order valence-electron chi connectivity index (χ3n) is 2.17. The minimum Gasteiger partial charge on any atom is -0.318 e. The number of hydrogen-bond acceptors (Lipinski definition) is 1. The predicted octanol–water partition coefficient (Wildman–Crippen LogP) is 2.85. The fourth-order valence-electron chi connectivity index (χ4n) is 1.01. The molecule has 0 amide bonds. The van der Waals surface area contributed by atoms with Gasteiger partial charge in [-0.3, -0.25) is 0 Å². The summed E-state index contributed by atoms with van der Waals surface area (Å²) < 4.78 is 36.9. The minimum atomic E-state index is -4.27. The number of hydrogen-bond donors (Lipinski definition) is 1. The van der Waals surface area contributed by atoms with Crippen molar-refractivity contribution in [2.75, 3.05) is 0 Å². The zero-order chi connectivity index (χ0) is 9.83. The molecule has 0 aromatic carbocycles. The van der Waals surface area contributed by atoms with Gasteiger partial charge in [0.1, 0.15) is 5.54 Å². The Morgan fingerprint density at radius 1 is 1.17 bits per heavy atom. The lowest BCUT2D eigenvalue weighted by atomic mass is 9.90. The summed E-state index contributed by atoms with van der Waals surface area (Å²) in [6.07, 6.45) is -3.00. The first-order valence-electron chi connectivity index (χ1n) is 4.23. The van der Waals surface area contributed by atoms with E-state index in [-0.39, 0.29) is 12.8 Å². The zero-order valence-electron chi connectivity index (χ0n) is 7.54. The van der Waals surface area contributed by atoms with Crippen molar-refractivity contribution >= 4 is 0 Å². The van der Waals surface area contributed by atoms with E-state index in [1.165, 1.54) is 6.92 Å². The summed E-state index contributed by atoms with van der Waals surface area (Å²) in [5.74, 6) is 0. The molecule has 0 radical (unpaired) electrons. The molecule has 1 atom stereocenters. The van der Waals surface area contributed by atoms with E-state index in [1.807, 2.05) is 6.92 Å². The van der Waals surface area contributed by atoms with Crippen LogP contribution in [-0.2, 0) is 0 Å². The Hall–Kier alpha value is -0.250. The highest BCUT2D eigenvalue weighted by Crippen LogP contribution is 2.34. The first-order chi connectivity index (χ1) is 5.37. The van der Waals surface area contributed by atoms with Gasteiger partial charge >= 0.3 is 6.18 Å². The third-order valence-corrected chi connectivity index (χ3v) is 2.17. The summed E-state index contributed by atoms with van der Waals surface area (Å²) in [6.45, 7) is 3.33. The summed E-state index contributed by atoms with van der Waals surface area (Å²) in [4.78, 5) is 0. The van der Waals surface area contributed by atoms with E-state index in [1.54, 1.807) is 0 Å². The molecule has 0 aromatic rings. The Kier molecular flexibility index (Phi) is 4.03. The van der Waals surface area contributed by atoms with Crippen LogP contribution in [-0.4, -0.2) is 11.7 Å². The van der Waals surface area contributed by atoms with Crippen molar-refractivity contribution in [3.8, 4) is 0 Å². The van der Waals surface area contributed by atoms with E-state index in [0.29, 0.717) is 6.42 Å². The average molecular weight is 183 g/mol. The maximum absolute atomic E-state index is 12.3. The van der Waals surface area contributed by atoms with Gasteiger partial charge in [-0.1, -0.05) is 26.7 Å². The molecule has 0 rings (SSSR count). The predicted molar refractivity (Wildman–Crippen MR) is 42.8 cm³/mol. The molecule has 0 bridgehead atoms. The standard InChI is InChI=1S/C8H16F3N/c1-3-5-6-7(12,4-2)8(9,10)11/h3-6,12H2,1-2H3. The minimum absolute atomic E-state index is 0.0312. The van der Waals surface area contributed by atoms with E-state index in [4.69, 9.17) is 5.73 Å². The van der Waals surface area contributed by atoms with Crippen molar-refractivity contribution in [3.63, 3.8) is 0 Å². The van der Waals surface area contributed by atoms with E-state index in [0.717, 1.165) is 6.42 Å². The molecule has 12 heavy (non-hydrogen) atoms. The Morgan fingerprint density at radius 2 is 1.67 bits per heavy atom. The molecular weight excluding hydrogens is 167 g/mol. The summed E-state index contributed by atoms with van der Waals surface area (Å²) in [5, 5.41) is 0. The van der Waals surface area contributed by atoms with Gasteiger partial charge in [-0.15, -0.1) is 0 Å². The Balaban J connectivity index is 4.24. The van der Waals surface area contributed by atoms with Gasteiger partial charge in [-0.2, -0.15) is 13.2 Å². The molecule has 0 aliphatic carbocycles. The SMILES string of the molecule is CCCCC(N)(CC)C(F)(F)F. The highest BCUT2D eigenvalue weighted by molar-refractivity contribution is 4.90. The zero-order valence-corrected chi connectivity index (χ0v) is 7.54. The van der Waals surface area contributed by atoms with Gasteiger partial charge in [-0.25, -0.2) is 0 Å². The number of nitrogens with two attached hydrogens (primary N) is 1. The van der Waals surface area contributed by atoms with Gasteiger partial charge in [0.05, 0.1) is 0 Å². The Labute approximate surface area is 71.1 Å². The molecule has 74 valence electrons. The lowest BCUT2D eigenvalue weighted by Gasteiger charge is -2.30. The second kappa shape index (κ2) is 4.12. The summed E-state index contributed by atoms with van der Waals surface area (Å²) in [5.41, 5.74) is 3.27. The van der Waals surface area contributed by atoms with Crippen LogP contribution in [0.15, 0.2) is 0 Å². The van der Waals surface area contributed by atoms with Crippen LogP contribution >= 0.6 is 0 Å². The molecule has 4 heteroatoms. The summed E-state index contributed by atoms with van der Waals surface area (Å²) in [6, 6.07) is 0. The van der Waals surface area contributed by atoms with Crippen molar-refractivity contribution in [3.05, 3.63) is 0 Å². The van der Waals surface area contributed by atoms with Crippen molar-refractivity contribution in [2.24, 2.45) is 5.73 Å². The Bertz CT molecular complexity index is 133. The molecule has 0 aromatic heterocycles. The van der Waals surface area contributed by atoms with Crippen molar-refractivity contribution in [1.29, 1.82) is 0 Å². The fraction of sp³-hybridized carbons (Fsp3) is 1.00. The van der Waals surface area contributed by atoms with E-state index in [2.05, 4.69) is 0 Å². The van der Waals surface area contributed by atoms with E-state index >= 15 is 0 Å². The molecular formula is C8H16F3N. The highest BCUT2D eigenvalue weighted by Gasteiger charge is 2.49. The molecule has 0 saturated heterocycles. The maximum Gasteiger partial charge on any atom is 0.406 e. The molecule has 0 saturated carbocycles. The second-order valence-corrected chi connectivity index (χ2v) is 3.11. The van der Waals surface area contributed by atoms with Crippen LogP contribution in [0.25, 0.3) is 0 Å². The number of halogens is 3. The van der Waals surface area contributed by atoms with Crippen LogP contribution in [0.2, 0.25) is 0 Å². The van der Waals surface area contributed by atoms with Gasteiger partial charge in [-0.05, 0) is 12.8 Å². The maximum atomic E-state index is 12.3. The van der Waals surface area contributed by atoms with Gasteiger partial charge in [0, 0.05) is 0 Å². The van der Waals surface area contributed by atoms with Crippen molar-refractivity contribution in [2.45, 2.75) is 51.2 Å². The number of alkyl halides is 3. The van der Waals surface area contributed by atoms with Crippen LogP contribution in [0.4, 0.5) is 13.2 Å². The van der Waals surface area contributed by atoms with Crippen LogP contribution in [0.5, 0.6) is 0 Å². The third kappa shape index (κ3) is 2.66. The molecule has 2 N–H and O–H groups in total. The molecule has 0 aliphatic heterocycles. The van der Waals surface area contributed by atoms with Crippen LogP contribution in [0.1, 0.15) is 39.5 Å². The summed E-state index contributed by atoms with van der Waals surface area (Å²) in [7, 11) is 0. The molecule has 0 fully saturated rings. The average Bonchev–Trinajstić information content (AvgIpc) is 1.98. The number of unbranched alkanes of at least 4 members (excludes halogenated alkanes) is 1. The lowest BCUT2D eigenvalue weighted by Crippen LogP contribution is -2.52. The second-order valence-electron chi connectivity index (χ2n) is 3.11. The highest BCUT2D eigenvalue weighted by atomic mass is 19.4. The van der Waals surface area contributed by atoms with Crippen molar-refractivity contribution in [1.82, 2.24) is 0 Å². The Morgan fingerprint density at radius 3 is 1.92 bits per heavy atom.